The van der Waals surface area contributed by atoms with Gasteiger partial charge >= 0.3 is 17.8 Å². The number of carbonyl (C=O) groups excluding carboxylic acids is 3. The lowest BCUT2D eigenvalue weighted by atomic mass is 10.2. The summed E-state index contributed by atoms with van der Waals surface area (Å²) in [4.78, 5) is 36.3. The summed E-state index contributed by atoms with van der Waals surface area (Å²) in [7, 11) is 0. The van der Waals surface area contributed by atoms with Crippen molar-refractivity contribution in [2.75, 3.05) is 11.9 Å². The van der Waals surface area contributed by atoms with Gasteiger partial charge in [-0.3, -0.25) is 9.59 Å². The normalized spacial score (nSPS) is 10.6. The number of anilines is 1. The van der Waals surface area contributed by atoms with E-state index >= 15 is 0 Å². The number of carbonyl (C=O) groups is 3. The van der Waals surface area contributed by atoms with Crippen LogP contribution in [0.2, 0.25) is 10.0 Å². The second-order valence-corrected chi connectivity index (χ2v) is 7.66. The summed E-state index contributed by atoms with van der Waals surface area (Å²) >= 11 is 11.9. The minimum Gasteiger partial charge on any atom is -0.490 e. The highest BCUT2D eigenvalue weighted by molar-refractivity contribution is 6.39. The number of esters is 1. The summed E-state index contributed by atoms with van der Waals surface area (Å²) in [5.74, 6) is -2.79. The molecule has 0 aliphatic carbocycles. The molecular weight excluding hydrogens is 500 g/mol. The van der Waals surface area contributed by atoms with Gasteiger partial charge in [-0.1, -0.05) is 23.2 Å². The molecular formula is C24H18Cl2FN3O5. The SMILES string of the molecule is CCOc1cc(C=NNC(=O)C(=O)Nc2ccc(F)cc2)ccc1OC(=O)c1ccc(Cl)cc1Cl. The fraction of sp³-hybridized carbons (Fsp3) is 0.0833. The van der Waals surface area contributed by atoms with Crippen LogP contribution in [0.25, 0.3) is 0 Å². The fourth-order valence-electron chi connectivity index (χ4n) is 2.70. The lowest BCUT2D eigenvalue weighted by Crippen LogP contribution is -2.32. The number of hydrazone groups is 1. The first-order chi connectivity index (χ1) is 16.8. The van der Waals surface area contributed by atoms with Gasteiger partial charge < -0.3 is 14.8 Å². The van der Waals surface area contributed by atoms with Gasteiger partial charge in [-0.25, -0.2) is 14.6 Å². The number of ether oxygens (including phenoxy) is 2. The molecule has 3 rings (SSSR count). The Morgan fingerprint density at radius 3 is 2.40 bits per heavy atom. The standard InChI is InChI=1S/C24H18Cl2FN3O5/c1-2-34-21-11-14(3-10-20(21)35-24(33)18-9-4-15(25)12-19(18)26)13-28-30-23(32)22(31)29-17-7-5-16(27)6-8-17/h3-13H,2H2,1H3,(H,29,31)(H,30,32). The molecule has 0 aliphatic heterocycles. The van der Waals surface area contributed by atoms with Crippen molar-refractivity contribution in [3.8, 4) is 11.5 Å². The number of hydrogen-bond donors (Lipinski definition) is 2. The smallest absolute Gasteiger partial charge is 0.345 e. The van der Waals surface area contributed by atoms with Crippen LogP contribution in [0.3, 0.4) is 0 Å². The quantitative estimate of drug-likeness (QED) is 0.153. The third-order valence-electron chi connectivity index (χ3n) is 4.31. The number of rotatable bonds is 7. The Hall–Kier alpha value is -3.95. The summed E-state index contributed by atoms with van der Waals surface area (Å²) in [6, 6.07) is 13.9. The first kappa shape index (κ1) is 25.7. The van der Waals surface area contributed by atoms with Crippen LogP contribution in [-0.2, 0) is 9.59 Å². The Bertz CT molecular complexity index is 1280. The number of nitrogens with zero attached hydrogens (tertiary/aromatic N) is 1. The van der Waals surface area contributed by atoms with E-state index in [1.807, 2.05) is 0 Å². The predicted molar refractivity (Wildman–Crippen MR) is 130 cm³/mol. The molecule has 0 fully saturated rings. The number of nitrogens with one attached hydrogen (secondary N) is 2. The van der Waals surface area contributed by atoms with Crippen molar-refractivity contribution in [3.63, 3.8) is 0 Å². The van der Waals surface area contributed by atoms with Crippen molar-refractivity contribution < 1.29 is 28.2 Å². The molecule has 8 nitrogen and oxygen atoms in total. The van der Waals surface area contributed by atoms with Gasteiger partial charge in [-0.15, -0.1) is 0 Å². The van der Waals surface area contributed by atoms with E-state index in [0.717, 1.165) is 12.1 Å². The molecule has 0 unspecified atom stereocenters. The van der Waals surface area contributed by atoms with Crippen LogP contribution in [0.5, 0.6) is 11.5 Å². The maximum atomic E-state index is 12.9. The van der Waals surface area contributed by atoms with Gasteiger partial charge in [0.2, 0.25) is 0 Å². The molecule has 3 aromatic rings. The van der Waals surface area contributed by atoms with Crippen LogP contribution in [0.15, 0.2) is 65.8 Å². The molecule has 35 heavy (non-hydrogen) atoms. The maximum absolute atomic E-state index is 12.9. The van der Waals surface area contributed by atoms with Gasteiger partial charge in [0.05, 0.1) is 23.4 Å². The molecule has 2 N–H and O–H groups in total. The number of halogens is 3. The molecule has 0 saturated heterocycles. The van der Waals surface area contributed by atoms with Crippen LogP contribution in [-0.4, -0.2) is 30.6 Å². The average molecular weight is 518 g/mol. The average Bonchev–Trinajstić information content (AvgIpc) is 2.82. The van der Waals surface area contributed by atoms with E-state index in [2.05, 4.69) is 15.8 Å². The molecule has 0 bridgehead atoms. The summed E-state index contributed by atoms with van der Waals surface area (Å²) in [6.45, 7) is 2.04. The molecule has 0 radical (unpaired) electrons. The zero-order chi connectivity index (χ0) is 25.4. The molecule has 0 saturated carbocycles. The minimum atomic E-state index is -1.03. The van der Waals surface area contributed by atoms with Gasteiger partial charge in [0.25, 0.3) is 0 Å². The highest BCUT2D eigenvalue weighted by Gasteiger charge is 2.17. The maximum Gasteiger partial charge on any atom is 0.345 e. The van der Waals surface area contributed by atoms with Gasteiger partial charge in [0, 0.05) is 10.7 Å². The van der Waals surface area contributed by atoms with Gasteiger partial charge in [-0.05, 0) is 73.2 Å². The van der Waals surface area contributed by atoms with Crippen LogP contribution in [0, 0.1) is 5.82 Å². The number of benzene rings is 3. The molecule has 0 atom stereocenters. The van der Waals surface area contributed by atoms with Crippen molar-refractivity contribution in [2.24, 2.45) is 5.10 Å². The van der Waals surface area contributed by atoms with E-state index in [0.29, 0.717) is 10.6 Å². The number of hydrogen-bond acceptors (Lipinski definition) is 6. The van der Waals surface area contributed by atoms with Gasteiger partial charge in [0.1, 0.15) is 5.82 Å². The third-order valence-corrected chi connectivity index (χ3v) is 4.86. The van der Waals surface area contributed by atoms with Crippen molar-refractivity contribution in [2.45, 2.75) is 6.92 Å². The zero-order valence-corrected chi connectivity index (χ0v) is 19.7. The van der Waals surface area contributed by atoms with Crippen molar-refractivity contribution in [1.29, 1.82) is 0 Å². The second-order valence-electron chi connectivity index (χ2n) is 6.81. The Morgan fingerprint density at radius 2 is 1.71 bits per heavy atom. The van der Waals surface area contributed by atoms with E-state index in [1.165, 1.54) is 48.7 Å². The molecule has 11 heteroatoms. The van der Waals surface area contributed by atoms with Gasteiger partial charge in [-0.2, -0.15) is 5.10 Å². The Labute approximate surface area is 209 Å². The van der Waals surface area contributed by atoms with E-state index < -0.39 is 23.6 Å². The molecule has 0 heterocycles. The molecule has 0 aromatic heterocycles. The van der Waals surface area contributed by atoms with E-state index in [9.17, 15) is 18.8 Å². The minimum absolute atomic E-state index is 0.130. The Kier molecular flexibility index (Phi) is 8.77. The summed E-state index contributed by atoms with van der Waals surface area (Å²) in [5, 5.41) is 6.57. The molecule has 3 aromatic carbocycles. The topological polar surface area (TPSA) is 106 Å². The highest BCUT2D eigenvalue weighted by atomic mass is 35.5. The first-order valence-electron chi connectivity index (χ1n) is 10.1. The third kappa shape index (κ3) is 7.26. The number of amides is 2. The molecule has 180 valence electrons. The Balaban J connectivity index is 1.65. The van der Waals surface area contributed by atoms with Crippen LogP contribution in [0.1, 0.15) is 22.8 Å². The summed E-state index contributed by atoms with van der Waals surface area (Å²) < 4.78 is 23.9. The fourth-order valence-corrected chi connectivity index (χ4v) is 3.19. The summed E-state index contributed by atoms with van der Waals surface area (Å²) in [5.41, 5.74) is 2.95. The van der Waals surface area contributed by atoms with Crippen LogP contribution < -0.4 is 20.2 Å². The lowest BCUT2D eigenvalue weighted by molar-refractivity contribution is -0.136. The molecule has 0 aliphatic rings. The van der Waals surface area contributed by atoms with Crippen molar-refractivity contribution in [3.05, 3.63) is 87.7 Å². The molecule has 2 amide bonds. The lowest BCUT2D eigenvalue weighted by Gasteiger charge is -2.12. The van der Waals surface area contributed by atoms with Crippen molar-refractivity contribution in [1.82, 2.24) is 5.43 Å². The van der Waals surface area contributed by atoms with E-state index in [1.54, 1.807) is 13.0 Å². The van der Waals surface area contributed by atoms with E-state index in [4.69, 9.17) is 32.7 Å². The van der Waals surface area contributed by atoms with Crippen molar-refractivity contribution >= 4 is 52.9 Å². The van der Waals surface area contributed by atoms with E-state index in [-0.39, 0.29) is 34.4 Å². The predicted octanol–water partition coefficient (Wildman–Crippen LogP) is 4.84. The zero-order valence-electron chi connectivity index (χ0n) is 18.2. The molecule has 0 spiro atoms. The first-order valence-corrected chi connectivity index (χ1v) is 10.9. The van der Waals surface area contributed by atoms with Gasteiger partial charge in [0.15, 0.2) is 11.5 Å². The second kappa shape index (κ2) is 12.0. The van der Waals surface area contributed by atoms with Crippen LogP contribution in [0.4, 0.5) is 10.1 Å². The van der Waals surface area contributed by atoms with Crippen LogP contribution >= 0.6 is 23.2 Å². The Morgan fingerprint density at radius 1 is 0.971 bits per heavy atom. The summed E-state index contributed by atoms with van der Waals surface area (Å²) in [6.07, 6.45) is 1.27. The largest absolute Gasteiger partial charge is 0.490 e. The highest BCUT2D eigenvalue weighted by Crippen LogP contribution is 2.30. The monoisotopic (exact) mass is 517 g/mol.